The van der Waals surface area contributed by atoms with Gasteiger partial charge in [-0.3, -0.25) is 19.8 Å². The van der Waals surface area contributed by atoms with Crippen molar-refractivity contribution in [3.05, 3.63) is 21.9 Å². The number of hydrogen-bond acceptors (Lipinski definition) is 6. The summed E-state index contributed by atoms with van der Waals surface area (Å²) >= 11 is 0. The van der Waals surface area contributed by atoms with E-state index in [0.717, 1.165) is 32.1 Å². The van der Waals surface area contributed by atoms with E-state index < -0.39 is 5.91 Å². The van der Waals surface area contributed by atoms with E-state index in [9.17, 15) is 9.59 Å². The number of nitrogens with one attached hydrogen (secondary N) is 3. The Balaban J connectivity index is 1.96. The molecule has 1 fully saturated rings. The van der Waals surface area contributed by atoms with Crippen LogP contribution in [-0.4, -0.2) is 37.9 Å². The average molecular weight is 356 g/mol. The second kappa shape index (κ2) is 7.77. The molecule has 0 aliphatic heterocycles. The van der Waals surface area contributed by atoms with Crippen molar-refractivity contribution in [2.75, 3.05) is 7.05 Å². The first-order valence-corrected chi connectivity index (χ1v) is 8.47. The quantitative estimate of drug-likeness (QED) is 0.570. The second-order valence-electron chi connectivity index (χ2n) is 5.94. The van der Waals surface area contributed by atoms with Crippen LogP contribution in [0.25, 0.3) is 0 Å². The third-order valence-corrected chi connectivity index (χ3v) is 4.24. The van der Waals surface area contributed by atoms with E-state index >= 15 is 0 Å². The summed E-state index contributed by atoms with van der Waals surface area (Å²) in [6, 6.07) is 0.0403. The summed E-state index contributed by atoms with van der Waals surface area (Å²) in [5.74, 6) is 5.34. The van der Waals surface area contributed by atoms with E-state index in [4.69, 9.17) is 0 Å². The highest BCUT2D eigenvalue weighted by atomic mass is 16.2. The smallest absolute Gasteiger partial charge is 0.295 e. The van der Waals surface area contributed by atoms with Crippen LogP contribution in [0.2, 0.25) is 0 Å². The maximum atomic E-state index is 12.8. The van der Waals surface area contributed by atoms with E-state index in [-0.39, 0.29) is 28.9 Å². The summed E-state index contributed by atoms with van der Waals surface area (Å²) in [5, 5.41) is 19.7. The van der Waals surface area contributed by atoms with Gasteiger partial charge >= 0.3 is 0 Å². The number of hydrogen-bond donors (Lipinski definition) is 3. The zero-order valence-corrected chi connectivity index (χ0v) is 14.7. The van der Waals surface area contributed by atoms with Crippen molar-refractivity contribution in [2.45, 2.75) is 45.1 Å². The minimum absolute atomic E-state index is 0.0374. The number of nitrogens with zero attached hydrogens (tertiary/aromatic N) is 5. The number of aromatic nitrogens is 5. The van der Waals surface area contributed by atoms with Gasteiger partial charge in [-0.2, -0.15) is 4.98 Å². The predicted octanol–water partition coefficient (Wildman–Crippen LogP) is 1.95. The minimum atomic E-state index is -0.432. The Bertz CT molecular complexity index is 934. The Hall–Kier alpha value is -3.22. The molecule has 0 unspecified atom stereocenters. The summed E-state index contributed by atoms with van der Waals surface area (Å²) in [6.45, 7) is 1.67. The zero-order chi connectivity index (χ0) is 18.5. The van der Waals surface area contributed by atoms with Crippen molar-refractivity contribution in [2.24, 2.45) is 10.2 Å². The van der Waals surface area contributed by atoms with Crippen LogP contribution >= 0.6 is 0 Å². The summed E-state index contributed by atoms with van der Waals surface area (Å²) in [5.41, 5.74) is -0.345. The highest BCUT2D eigenvalue weighted by Crippen LogP contribution is 2.28. The highest BCUT2D eigenvalue weighted by molar-refractivity contribution is 5.96. The fourth-order valence-electron chi connectivity index (χ4n) is 2.98. The fraction of sp³-hybridized carbons (Fsp3) is 0.500. The van der Waals surface area contributed by atoms with Gasteiger partial charge in [-0.15, -0.1) is 15.3 Å². The molecule has 0 aromatic carbocycles. The molecule has 0 atom stereocenters. The van der Waals surface area contributed by atoms with Crippen LogP contribution in [0.1, 0.15) is 61.4 Å². The first kappa shape index (κ1) is 17.6. The standard InChI is InChI=1S/C16H20N8O2/c1-3-7-11-18-16(21-19-11)22-20-13-12(14(25)17-2)23-24(15(13)26)10-8-5-4-6-9-10/h10,23H,4-6,8-9H2,1-2H3,(H,17,25)(H,18,19,21). The number of rotatable bonds is 4. The molecule has 10 heteroatoms. The van der Waals surface area contributed by atoms with Crippen molar-refractivity contribution in [3.8, 4) is 11.8 Å². The number of amides is 1. The van der Waals surface area contributed by atoms with Gasteiger partial charge in [-0.1, -0.05) is 25.2 Å². The second-order valence-corrected chi connectivity index (χ2v) is 5.94. The molecule has 3 N–H and O–H groups in total. The molecule has 1 saturated carbocycles. The predicted molar refractivity (Wildman–Crippen MR) is 93.7 cm³/mol. The lowest BCUT2D eigenvalue weighted by Gasteiger charge is -2.21. The molecular formula is C16H20N8O2. The van der Waals surface area contributed by atoms with Crippen LogP contribution in [0.4, 0.5) is 11.6 Å². The number of carbonyl (C=O) groups is 1. The largest absolute Gasteiger partial charge is 0.354 e. The SMILES string of the molecule is CC#Cc1nc(N=Nc2c(C(=O)NC)[nH]n(C3CCCCC3)c2=O)n[nH]1. The monoisotopic (exact) mass is 356 g/mol. The Morgan fingerprint density at radius 2 is 2.08 bits per heavy atom. The molecule has 10 nitrogen and oxygen atoms in total. The van der Waals surface area contributed by atoms with Gasteiger partial charge in [0, 0.05) is 7.05 Å². The summed E-state index contributed by atoms with van der Waals surface area (Å²) < 4.78 is 1.49. The van der Waals surface area contributed by atoms with E-state index in [0.29, 0.717) is 5.82 Å². The molecular weight excluding hydrogens is 336 g/mol. The number of H-pyrrole nitrogens is 2. The Kier molecular flexibility index (Phi) is 5.26. The molecule has 0 radical (unpaired) electrons. The zero-order valence-electron chi connectivity index (χ0n) is 14.7. The third-order valence-electron chi connectivity index (χ3n) is 4.24. The van der Waals surface area contributed by atoms with Crippen molar-refractivity contribution >= 4 is 17.5 Å². The minimum Gasteiger partial charge on any atom is -0.354 e. The molecule has 1 aliphatic carbocycles. The molecule has 136 valence electrons. The van der Waals surface area contributed by atoms with Gasteiger partial charge < -0.3 is 5.32 Å². The Morgan fingerprint density at radius 3 is 2.77 bits per heavy atom. The summed E-state index contributed by atoms with van der Waals surface area (Å²) in [4.78, 5) is 28.9. The molecule has 3 rings (SSSR count). The number of aromatic amines is 2. The molecule has 26 heavy (non-hydrogen) atoms. The summed E-state index contributed by atoms with van der Waals surface area (Å²) in [6.07, 6.45) is 5.06. The first-order valence-electron chi connectivity index (χ1n) is 8.47. The lowest BCUT2D eigenvalue weighted by Crippen LogP contribution is -2.24. The van der Waals surface area contributed by atoms with Crippen LogP contribution in [-0.2, 0) is 0 Å². The van der Waals surface area contributed by atoms with Crippen LogP contribution in [0.15, 0.2) is 15.0 Å². The van der Waals surface area contributed by atoms with E-state index in [1.165, 1.54) is 11.7 Å². The lowest BCUT2D eigenvalue weighted by molar-refractivity contribution is 0.0957. The normalized spacial score (nSPS) is 15.0. The number of azo groups is 1. The molecule has 0 saturated heterocycles. The topological polar surface area (TPSA) is 133 Å². The van der Waals surface area contributed by atoms with E-state index in [2.05, 4.69) is 47.7 Å². The molecule has 1 amide bonds. The van der Waals surface area contributed by atoms with Gasteiger partial charge in [-0.25, -0.2) is 4.68 Å². The maximum Gasteiger partial charge on any atom is 0.295 e. The van der Waals surface area contributed by atoms with Crippen molar-refractivity contribution < 1.29 is 4.79 Å². The third kappa shape index (κ3) is 3.56. The molecule has 2 aromatic rings. The van der Waals surface area contributed by atoms with Crippen LogP contribution < -0.4 is 10.9 Å². The van der Waals surface area contributed by atoms with Gasteiger partial charge in [-0.05, 0) is 25.7 Å². The van der Waals surface area contributed by atoms with Gasteiger partial charge in [0.25, 0.3) is 17.4 Å². The van der Waals surface area contributed by atoms with Crippen LogP contribution in [0.5, 0.6) is 0 Å². The van der Waals surface area contributed by atoms with Gasteiger partial charge in [0.1, 0.15) is 0 Å². The van der Waals surface area contributed by atoms with Crippen LogP contribution in [0.3, 0.4) is 0 Å². The Labute approximate surface area is 149 Å². The Morgan fingerprint density at radius 1 is 1.31 bits per heavy atom. The highest BCUT2D eigenvalue weighted by Gasteiger charge is 2.25. The molecule has 2 aromatic heterocycles. The fourth-order valence-corrected chi connectivity index (χ4v) is 2.98. The van der Waals surface area contributed by atoms with Crippen molar-refractivity contribution in [1.82, 2.24) is 30.3 Å². The van der Waals surface area contributed by atoms with Crippen molar-refractivity contribution in [1.29, 1.82) is 0 Å². The van der Waals surface area contributed by atoms with Gasteiger partial charge in [0.15, 0.2) is 11.4 Å². The van der Waals surface area contributed by atoms with Gasteiger partial charge in [0.2, 0.25) is 5.82 Å². The maximum absolute atomic E-state index is 12.8. The summed E-state index contributed by atoms with van der Waals surface area (Å²) in [7, 11) is 1.49. The van der Waals surface area contributed by atoms with Gasteiger partial charge in [0.05, 0.1) is 6.04 Å². The number of carbonyl (C=O) groups excluding carboxylic acids is 1. The molecule has 2 heterocycles. The van der Waals surface area contributed by atoms with E-state index in [1.54, 1.807) is 6.92 Å². The lowest BCUT2D eigenvalue weighted by atomic mass is 9.96. The van der Waals surface area contributed by atoms with Crippen LogP contribution in [0, 0.1) is 11.8 Å². The molecule has 1 aliphatic rings. The average Bonchev–Trinajstić information content (AvgIpc) is 3.24. The first-order chi connectivity index (χ1) is 12.6. The molecule has 0 spiro atoms. The van der Waals surface area contributed by atoms with Crippen molar-refractivity contribution in [3.63, 3.8) is 0 Å². The molecule has 0 bridgehead atoms. The van der Waals surface area contributed by atoms with E-state index in [1.807, 2.05) is 0 Å².